The molecule has 0 amide bonds. The quantitative estimate of drug-likeness (QED) is 0.833. The highest BCUT2D eigenvalue weighted by molar-refractivity contribution is 7.99. The number of nitrogens with zero attached hydrogens (tertiary/aromatic N) is 1. The summed E-state index contributed by atoms with van der Waals surface area (Å²) in [5.74, 6) is 1.98. The second-order valence-corrected chi connectivity index (χ2v) is 5.23. The van der Waals surface area contributed by atoms with Gasteiger partial charge in [-0.25, -0.2) is 0 Å². The predicted molar refractivity (Wildman–Crippen MR) is 80.7 cm³/mol. The average molecular weight is 305 g/mol. The van der Waals surface area contributed by atoms with Crippen LogP contribution in [0.2, 0.25) is 0 Å². The van der Waals surface area contributed by atoms with Crippen LogP contribution >= 0.6 is 11.8 Å². The zero-order valence-electron chi connectivity index (χ0n) is 12.1. The smallest absolute Gasteiger partial charge is 0.213 e. The van der Waals surface area contributed by atoms with Gasteiger partial charge in [-0.2, -0.15) is 5.53 Å². The number of nitrogens with two attached hydrogens (primary N) is 1. The van der Waals surface area contributed by atoms with Gasteiger partial charge in [-0.15, -0.1) is 0 Å². The summed E-state index contributed by atoms with van der Waals surface area (Å²) in [7, 11) is 4.80. The van der Waals surface area contributed by atoms with Crippen LogP contribution in [-0.2, 0) is 0 Å². The summed E-state index contributed by atoms with van der Waals surface area (Å²) >= 11 is 1.59. The van der Waals surface area contributed by atoms with Crippen molar-refractivity contribution >= 4 is 17.4 Å². The number of hydrogen-bond acceptors (Lipinski definition) is 5. The molecule has 0 radical (unpaired) electrons. The van der Waals surface area contributed by atoms with Crippen LogP contribution in [0.4, 0.5) is 5.69 Å². The lowest BCUT2D eigenvalue weighted by Gasteiger charge is -2.10. The van der Waals surface area contributed by atoms with E-state index < -0.39 is 0 Å². The summed E-state index contributed by atoms with van der Waals surface area (Å²) in [6.07, 6.45) is 0. The van der Waals surface area contributed by atoms with Crippen molar-refractivity contribution in [3.63, 3.8) is 0 Å². The van der Waals surface area contributed by atoms with E-state index in [4.69, 9.17) is 19.7 Å². The van der Waals surface area contributed by atoms with Crippen LogP contribution in [0.25, 0.3) is 0 Å². The molecule has 5 nitrogen and oxygen atoms in total. The molecule has 0 saturated carbocycles. The Hall–Kier alpha value is -2.21. The third kappa shape index (κ3) is 3.46. The monoisotopic (exact) mass is 305 g/mol. The second-order valence-electron chi connectivity index (χ2n) is 4.08. The standard InChI is InChI=1S/C15H16N2O3S/c1-18-10-4-6-11(7-5-10)21-12-8-13(19-2)15(17-16)14(9-12)20-3/h4-9,16H,1-3H3/p+1. The van der Waals surface area contributed by atoms with E-state index in [2.05, 4.69) is 5.11 Å². The van der Waals surface area contributed by atoms with Crippen LogP contribution in [0.15, 0.2) is 51.3 Å². The maximum absolute atomic E-state index is 5.38. The summed E-state index contributed by atoms with van der Waals surface area (Å²) in [5, 5.41) is 3.71. The third-order valence-electron chi connectivity index (χ3n) is 2.88. The fraction of sp³-hybridized carbons (Fsp3) is 0.200. The first kappa shape index (κ1) is 15.2. The van der Waals surface area contributed by atoms with Gasteiger partial charge in [0.15, 0.2) is 11.5 Å². The molecular weight excluding hydrogens is 288 g/mol. The fourth-order valence-corrected chi connectivity index (χ4v) is 2.71. The molecule has 0 bridgehead atoms. The minimum Gasteiger partial charge on any atom is -0.497 e. The molecule has 21 heavy (non-hydrogen) atoms. The van der Waals surface area contributed by atoms with E-state index in [-0.39, 0.29) is 0 Å². The molecule has 0 fully saturated rings. The average Bonchev–Trinajstić information content (AvgIpc) is 2.54. The van der Waals surface area contributed by atoms with Gasteiger partial charge >= 0.3 is 0 Å². The van der Waals surface area contributed by atoms with Crippen molar-refractivity contribution in [1.82, 2.24) is 0 Å². The van der Waals surface area contributed by atoms with Gasteiger partial charge < -0.3 is 14.2 Å². The zero-order chi connectivity index (χ0) is 15.2. The van der Waals surface area contributed by atoms with Crippen LogP contribution in [0.5, 0.6) is 17.2 Å². The van der Waals surface area contributed by atoms with Crippen molar-refractivity contribution in [3.8, 4) is 17.2 Å². The summed E-state index contributed by atoms with van der Waals surface area (Å²) in [6.45, 7) is 0. The Labute approximate surface area is 127 Å². The van der Waals surface area contributed by atoms with E-state index in [0.717, 1.165) is 15.5 Å². The molecule has 0 atom stereocenters. The second kappa shape index (κ2) is 6.99. The number of hydrogen-bond donors (Lipinski definition) is 1. The molecule has 0 aliphatic carbocycles. The first-order valence-corrected chi connectivity index (χ1v) is 7.02. The van der Waals surface area contributed by atoms with E-state index in [1.54, 1.807) is 33.1 Å². The van der Waals surface area contributed by atoms with Crippen molar-refractivity contribution in [2.45, 2.75) is 9.79 Å². The summed E-state index contributed by atoms with van der Waals surface area (Å²) in [4.78, 5) is 2.05. The highest BCUT2D eigenvalue weighted by atomic mass is 32.2. The maximum atomic E-state index is 5.38. The van der Waals surface area contributed by atoms with Gasteiger partial charge in [0.2, 0.25) is 5.69 Å². The molecule has 2 N–H and O–H groups in total. The molecule has 2 aromatic rings. The largest absolute Gasteiger partial charge is 0.497 e. The molecule has 0 unspecified atom stereocenters. The van der Waals surface area contributed by atoms with Crippen molar-refractivity contribution < 1.29 is 19.7 Å². The van der Waals surface area contributed by atoms with Crippen molar-refractivity contribution in [1.29, 1.82) is 0 Å². The topological polar surface area (TPSA) is 65.6 Å². The minimum absolute atomic E-state index is 0.499. The minimum atomic E-state index is 0.499. The van der Waals surface area contributed by atoms with Gasteiger partial charge in [0.25, 0.3) is 0 Å². The third-order valence-corrected chi connectivity index (χ3v) is 3.86. The Balaban J connectivity index is 2.32. The first-order valence-electron chi connectivity index (χ1n) is 6.20. The highest BCUT2D eigenvalue weighted by Gasteiger charge is 2.14. The number of rotatable bonds is 6. The van der Waals surface area contributed by atoms with Crippen LogP contribution < -0.4 is 19.7 Å². The van der Waals surface area contributed by atoms with Crippen LogP contribution in [0, 0.1) is 0 Å². The van der Waals surface area contributed by atoms with Gasteiger partial charge in [-0.05, 0) is 41.5 Å². The molecule has 0 aliphatic heterocycles. The number of ether oxygens (including phenoxy) is 3. The molecule has 2 rings (SSSR count). The van der Waals surface area contributed by atoms with Crippen LogP contribution in [-0.4, -0.2) is 21.3 Å². The number of benzene rings is 2. The van der Waals surface area contributed by atoms with E-state index in [0.29, 0.717) is 17.2 Å². The van der Waals surface area contributed by atoms with Crippen molar-refractivity contribution in [2.75, 3.05) is 21.3 Å². The van der Waals surface area contributed by atoms with Gasteiger partial charge in [-0.3, -0.25) is 0 Å². The fourth-order valence-electron chi connectivity index (χ4n) is 1.84. The Bertz CT molecular complexity index is 604. The van der Waals surface area contributed by atoms with E-state index >= 15 is 0 Å². The van der Waals surface area contributed by atoms with Crippen molar-refractivity contribution in [2.24, 2.45) is 5.11 Å². The highest BCUT2D eigenvalue weighted by Crippen LogP contribution is 2.42. The molecule has 0 aliphatic rings. The molecule has 0 aromatic heterocycles. The maximum Gasteiger partial charge on any atom is 0.213 e. The normalized spacial score (nSPS) is 10.0. The predicted octanol–water partition coefficient (Wildman–Crippen LogP) is 2.71. The van der Waals surface area contributed by atoms with E-state index in [9.17, 15) is 0 Å². The lowest BCUT2D eigenvalue weighted by atomic mass is 10.2. The summed E-state index contributed by atoms with van der Waals surface area (Å²) in [5.41, 5.74) is 5.88. The zero-order valence-corrected chi connectivity index (χ0v) is 12.9. The summed E-state index contributed by atoms with van der Waals surface area (Å²) in [6, 6.07) is 11.6. The molecule has 6 heteroatoms. The van der Waals surface area contributed by atoms with Gasteiger partial charge in [-0.1, -0.05) is 11.8 Å². The lowest BCUT2D eigenvalue weighted by molar-refractivity contribution is -0.210. The Morgan fingerprint density at radius 1 is 0.857 bits per heavy atom. The van der Waals surface area contributed by atoms with Gasteiger partial charge in [0.05, 0.1) is 21.3 Å². The lowest BCUT2D eigenvalue weighted by Crippen LogP contribution is -2.22. The van der Waals surface area contributed by atoms with Gasteiger partial charge in [0.1, 0.15) is 5.75 Å². The first-order chi connectivity index (χ1) is 10.2. The van der Waals surface area contributed by atoms with Crippen LogP contribution in [0.1, 0.15) is 0 Å². The Kier molecular flexibility index (Phi) is 5.05. The summed E-state index contributed by atoms with van der Waals surface area (Å²) < 4.78 is 15.8. The SMILES string of the molecule is COc1ccc(Sc2cc(OC)c(N=[NH2+])c(OC)c2)cc1. The Morgan fingerprint density at radius 2 is 1.43 bits per heavy atom. The molecule has 0 spiro atoms. The Morgan fingerprint density at radius 3 is 1.86 bits per heavy atom. The molecule has 110 valence electrons. The van der Waals surface area contributed by atoms with E-state index in [1.807, 2.05) is 36.4 Å². The number of methoxy groups -OCH3 is 3. The molecule has 2 aromatic carbocycles. The molecule has 0 saturated heterocycles. The van der Waals surface area contributed by atoms with Crippen molar-refractivity contribution in [3.05, 3.63) is 36.4 Å². The molecular formula is C15H17N2O3S+. The van der Waals surface area contributed by atoms with Gasteiger partial charge in [0, 0.05) is 9.79 Å². The molecule has 0 heterocycles. The van der Waals surface area contributed by atoms with Crippen LogP contribution in [0.3, 0.4) is 0 Å². The van der Waals surface area contributed by atoms with E-state index in [1.165, 1.54) is 0 Å².